The molecule has 0 aliphatic heterocycles. The van der Waals surface area contributed by atoms with Gasteiger partial charge in [-0.15, -0.1) is 11.3 Å². The molecule has 0 radical (unpaired) electrons. The summed E-state index contributed by atoms with van der Waals surface area (Å²) in [4.78, 5) is 19.8. The van der Waals surface area contributed by atoms with Gasteiger partial charge in [0, 0.05) is 22.1 Å². The molecule has 4 aromatic rings. The van der Waals surface area contributed by atoms with E-state index in [0.717, 1.165) is 22.4 Å². The van der Waals surface area contributed by atoms with E-state index in [2.05, 4.69) is 4.74 Å². The van der Waals surface area contributed by atoms with Gasteiger partial charge in [0.1, 0.15) is 11.5 Å². The fourth-order valence-electron chi connectivity index (χ4n) is 3.41. The minimum atomic E-state index is -2.93. The van der Waals surface area contributed by atoms with Crippen molar-refractivity contribution in [2.24, 2.45) is 0 Å². The van der Waals surface area contributed by atoms with Gasteiger partial charge < -0.3 is 9.47 Å². The maximum atomic E-state index is 13.5. The number of para-hydroxylation sites is 1. The third-order valence-corrected chi connectivity index (χ3v) is 6.03. The minimum Gasteiger partial charge on any atom is -0.496 e. The van der Waals surface area contributed by atoms with Crippen LogP contribution in [0, 0.1) is 6.92 Å². The number of nitrogens with zero attached hydrogens (tertiary/aromatic N) is 2. The van der Waals surface area contributed by atoms with Crippen molar-refractivity contribution in [3.05, 3.63) is 94.9 Å². The van der Waals surface area contributed by atoms with Gasteiger partial charge in [-0.1, -0.05) is 48.0 Å². The average Bonchev–Trinajstić information content (AvgIpc) is 3.33. The predicted molar refractivity (Wildman–Crippen MR) is 129 cm³/mol. The van der Waals surface area contributed by atoms with Crippen molar-refractivity contribution in [3.63, 3.8) is 0 Å². The Morgan fingerprint density at radius 2 is 1.74 bits per heavy atom. The summed E-state index contributed by atoms with van der Waals surface area (Å²) in [5, 5.41) is 2.42. The molecule has 0 N–H and O–H groups in total. The van der Waals surface area contributed by atoms with E-state index in [1.807, 2.05) is 60.8 Å². The summed E-state index contributed by atoms with van der Waals surface area (Å²) in [6.45, 7) is -0.695. The molecule has 34 heavy (non-hydrogen) atoms. The molecule has 3 aromatic carbocycles. The lowest BCUT2D eigenvalue weighted by molar-refractivity contribution is -0.0498. The summed E-state index contributed by atoms with van der Waals surface area (Å²) in [5.74, 6) is 0.314. The van der Waals surface area contributed by atoms with Gasteiger partial charge in [-0.2, -0.15) is 8.78 Å². The smallest absolute Gasteiger partial charge is 0.387 e. The van der Waals surface area contributed by atoms with Crippen LogP contribution in [0.3, 0.4) is 0 Å². The highest BCUT2D eigenvalue weighted by molar-refractivity contribution is 7.14. The predicted octanol–water partition coefficient (Wildman–Crippen LogP) is 6.58. The molecule has 0 atom stereocenters. The monoisotopic (exact) mass is 480 g/mol. The SMILES string of the molecule is COc1ccccc1CN(C(=O)c1ccc(OC(F)F)cc1)c1nc(-c2ccc(C)cc2)cs1. The number of methoxy groups -OCH3 is 1. The van der Waals surface area contributed by atoms with Gasteiger partial charge in [0.2, 0.25) is 0 Å². The second kappa shape index (κ2) is 10.4. The topological polar surface area (TPSA) is 51.7 Å². The van der Waals surface area contributed by atoms with Crippen molar-refractivity contribution in [2.75, 3.05) is 12.0 Å². The Hall–Kier alpha value is -3.78. The van der Waals surface area contributed by atoms with Gasteiger partial charge in [-0.25, -0.2) is 4.98 Å². The number of alkyl halides is 2. The number of thiazole rings is 1. The number of aromatic nitrogens is 1. The zero-order valence-corrected chi connectivity index (χ0v) is 19.4. The molecule has 8 heteroatoms. The number of ether oxygens (including phenoxy) is 2. The highest BCUT2D eigenvalue weighted by Crippen LogP contribution is 2.31. The molecule has 1 aromatic heterocycles. The first-order chi connectivity index (χ1) is 16.4. The van der Waals surface area contributed by atoms with Gasteiger partial charge in [-0.3, -0.25) is 9.69 Å². The number of amides is 1. The molecule has 0 saturated heterocycles. The summed E-state index contributed by atoms with van der Waals surface area (Å²) in [5.41, 5.74) is 3.99. The van der Waals surface area contributed by atoms with Gasteiger partial charge in [0.05, 0.1) is 19.3 Å². The summed E-state index contributed by atoms with van der Waals surface area (Å²) in [7, 11) is 1.58. The molecule has 0 fully saturated rings. The minimum absolute atomic E-state index is 0.0151. The summed E-state index contributed by atoms with van der Waals surface area (Å²) < 4.78 is 34.8. The van der Waals surface area contributed by atoms with Gasteiger partial charge in [-0.05, 0) is 37.3 Å². The first-order valence-corrected chi connectivity index (χ1v) is 11.3. The maximum Gasteiger partial charge on any atom is 0.387 e. The molecule has 1 amide bonds. The molecule has 0 unspecified atom stereocenters. The van der Waals surface area contributed by atoms with Crippen molar-refractivity contribution in [3.8, 4) is 22.8 Å². The Bertz CT molecular complexity index is 1260. The number of carbonyl (C=O) groups is 1. The number of benzene rings is 3. The van der Waals surface area contributed by atoms with Crippen LogP contribution in [0.25, 0.3) is 11.3 Å². The Morgan fingerprint density at radius 1 is 1.03 bits per heavy atom. The normalized spacial score (nSPS) is 10.9. The first-order valence-electron chi connectivity index (χ1n) is 10.5. The highest BCUT2D eigenvalue weighted by Gasteiger charge is 2.23. The molecule has 0 bridgehead atoms. The average molecular weight is 481 g/mol. The molecule has 0 spiro atoms. The lowest BCUT2D eigenvalue weighted by Crippen LogP contribution is -2.30. The van der Waals surface area contributed by atoms with Crippen LogP contribution in [0.5, 0.6) is 11.5 Å². The standard InChI is InChI=1S/C26H22F2N2O3S/c1-17-7-9-18(10-8-17)22-16-34-26(29-22)30(15-20-5-3-4-6-23(20)32-2)24(31)19-11-13-21(14-12-19)33-25(27)28/h3-14,16,25H,15H2,1-2H3. The largest absolute Gasteiger partial charge is 0.496 e. The molecule has 1 heterocycles. The molecule has 0 aliphatic carbocycles. The van der Waals surface area contributed by atoms with Crippen molar-refractivity contribution in [2.45, 2.75) is 20.1 Å². The number of halogens is 2. The van der Waals surface area contributed by atoms with Crippen molar-refractivity contribution < 1.29 is 23.0 Å². The molecular weight excluding hydrogens is 458 g/mol. The van der Waals surface area contributed by atoms with Crippen LogP contribution in [0.1, 0.15) is 21.5 Å². The van der Waals surface area contributed by atoms with E-state index in [1.165, 1.54) is 35.6 Å². The fourth-order valence-corrected chi connectivity index (χ4v) is 4.24. The molecular formula is C26H22F2N2O3S. The Labute approximate surface area is 200 Å². The van der Waals surface area contributed by atoms with E-state index >= 15 is 0 Å². The van der Waals surface area contributed by atoms with Crippen LogP contribution >= 0.6 is 11.3 Å². The van der Waals surface area contributed by atoms with E-state index in [0.29, 0.717) is 16.4 Å². The van der Waals surface area contributed by atoms with E-state index in [-0.39, 0.29) is 18.2 Å². The first kappa shape index (κ1) is 23.4. The number of rotatable bonds is 8. The van der Waals surface area contributed by atoms with Crippen LogP contribution in [0.2, 0.25) is 0 Å². The second-order valence-corrected chi connectivity index (χ2v) is 8.32. The van der Waals surface area contributed by atoms with Crippen LogP contribution < -0.4 is 14.4 Å². The zero-order valence-electron chi connectivity index (χ0n) is 18.6. The number of hydrogen-bond acceptors (Lipinski definition) is 5. The zero-order chi connectivity index (χ0) is 24.1. The van der Waals surface area contributed by atoms with Gasteiger partial charge >= 0.3 is 6.61 Å². The third kappa shape index (κ3) is 5.40. The lowest BCUT2D eigenvalue weighted by Gasteiger charge is -2.21. The van der Waals surface area contributed by atoms with Gasteiger partial charge in [0.15, 0.2) is 5.13 Å². The number of anilines is 1. The van der Waals surface area contributed by atoms with Crippen LogP contribution in [-0.2, 0) is 6.54 Å². The van der Waals surface area contributed by atoms with E-state index in [1.54, 1.807) is 12.0 Å². The molecule has 0 saturated carbocycles. The van der Waals surface area contributed by atoms with Crippen molar-refractivity contribution in [1.29, 1.82) is 0 Å². The molecule has 0 aliphatic rings. The summed E-state index contributed by atoms with van der Waals surface area (Å²) in [6, 6.07) is 21.1. The van der Waals surface area contributed by atoms with Crippen molar-refractivity contribution >= 4 is 22.4 Å². The lowest BCUT2D eigenvalue weighted by atomic mass is 10.1. The number of carbonyl (C=O) groups excluding carboxylic acids is 1. The van der Waals surface area contributed by atoms with E-state index in [9.17, 15) is 13.6 Å². The quantitative estimate of drug-likeness (QED) is 0.286. The Morgan fingerprint density at radius 3 is 2.41 bits per heavy atom. The van der Waals surface area contributed by atoms with Crippen LogP contribution in [0.15, 0.2) is 78.2 Å². The maximum absolute atomic E-state index is 13.5. The van der Waals surface area contributed by atoms with Crippen molar-refractivity contribution in [1.82, 2.24) is 4.98 Å². The van der Waals surface area contributed by atoms with Crippen LogP contribution in [-0.4, -0.2) is 24.6 Å². The second-order valence-electron chi connectivity index (χ2n) is 7.49. The third-order valence-electron chi connectivity index (χ3n) is 5.16. The summed E-state index contributed by atoms with van der Waals surface area (Å²) >= 11 is 1.35. The molecule has 4 rings (SSSR count). The number of hydrogen-bond donors (Lipinski definition) is 0. The van der Waals surface area contributed by atoms with E-state index in [4.69, 9.17) is 9.72 Å². The molecule has 5 nitrogen and oxygen atoms in total. The van der Waals surface area contributed by atoms with Gasteiger partial charge in [0.25, 0.3) is 5.91 Å². The summed E-state index contributed by atoms with van der Waals surface area (Å²) in [6.07, 6.45) is 0. The fraction of sp³-hybridized carbons (Fsp3) is 0.154. The van der Waals surface area contributed by atoms with Crippen LogP contribution in [0.4, 0.5) is 13.9 Å². The Balaban J connectivity index is 1.68. The highest BCUT2D eigenvalue weighted by atomic mass is 32.1. The molecule has 174 valence electrons. The van der Waals surface area contributed by atoms with E-state index < -0.39 is 6.61 Å². The number of aryl methyl sites for hydroxylation is 1. The Kier molecular flexibility index (Phi) is 7.18.